The molecular formula is C20H26N4O2S. The van der Waals surface area contributed by atoms with Crippen LogP contribution < -0.4 is 11.1 Å². The summed E-state index contributed by atoms with van der Waals surface area (Å²) in [5.41, 5.74) is 9.99. The molecule has 0 aliphatic carbocycles. The highest BCUT2D eigenvalue weighted by Gasteiger charge is 2.16. The van der Waals surface area contributed by atoms with E-state index in [2.05, 4.69) is 40.4 Å². The summed E-state index contributed by atoms with van der Waals surface area (Å²) >= 11 is 0. The molecule has 0 aromatic heterocycles. The minimum absolute atomic E-state index is 0.106. The van der Waals surface area contributed by atoms with Crippen LogP contribution in [0.15, 0.2) is 53.6 Å². The summed E-state index contributed by atoms with van der Waals surface area (Å²) < 4.78 is 24.0. The Bertz CT molecular complexity index is 904. The molecule has 0 fully saturated rings. The molecule has 3 rings (SSSR count). The van der Waals surface area contributed by atoms with Gasteiger partial charge in [-0.15, -0.1) is 10.6 Å². The number of benzene rings is 2. The molecule has 0 unspecified atom stereocenters. The van der Waals surface area contributed by atoms with Crippen LogP contribution in [-0.2, 0) is 28.4 Å². The lowest BCUT2D eigenvalue weighted by Gasteiger charge is -2.12. The molecule has 1 aliphatic heterocycles. The number of nitrogens with one attached hydrogen (secondary N) is 2. The first-order valence-electron chi connectivity index (χ1n) is 9.06. The molecule has 1 heterocycles. The Labute approximate surface area is 161 Å². The fourth-order valence-electron chi connectivity index (χ4n) is 2.85. The van der Waals surface area contributed by atoms with Crippen molar-refractivity contribution in [1.29, 1.82) is 0 Å². The molecule has 0 bridgehead atoms. The van der Waals surface area contributed by atoms with Gasteiger partial charge in [-0.1, -0.05) is 48.5 Å². The summed E-state index contributed by atoms with van der Waals surface area (Å²) in [5.74, 6) is 0.961. The number of hydrazine groups is 2. The predicted molar refractivity (Wildman–Crippen MR) is 109 cm³/mol. The molecule has 0 spiro atoms. The van der Waals surface area contributed by atoms with Crippen LogP contribution in [0.1, 0.15) is 36.1 Å². The molecular weight excluding hydrogens is 360 g/mol. The molecule has 0 atom stereocenters. The first-order chi connectivity index (χ1) is 12.8. The summed E-state index contributed by atoms with van der Waals surface area (Å²) in [4.78, 5) is 0. The van der Waals surface area contributed by atoms with Gasteiger partial charge >= 0.3 is 0 Å². The first-order valence-corrected chi connectivity index (χ1v) is 10.8. The third-order valence-corrected chi connectivity index (χ3v) is 6.89. The molecule has 7 heteroatoms. The lowest BCUT2D eigenvalue weighted by molar-refractivity contribution is 0.349. The monoisotopic (exact) mass is 386 g/mol. The Kier molecular flexibility index (Phi) is 5.82. The number of amidine groups is 1. The number of hydrazone groups is 1. The van der Waals surface area contributed by atoms with Crippen LogP contribution in [0.3, 0.4) is 0 Å². The Morgan fingerprint density at radius 2 is 1.44 bits per heavy atom. The zero-order valence-corrected chi connectivity index (χ0v) is 16.8. The Morgan fingerprint density at radius 1 is 0.926 bits per heavy atom. The van der Waals surface area contributed by atoms with Crippen LogP contribution in [0.2, 0.25) is 0 Å². The second-order valence-electron chi connectivity index (χ2n) is 7.09. The molecule has 0 saturated heterocycles. The van der Waals surface area contributed by atoms with Gasteiger partial charge in [0.1, 0.15) is 0 Å². The Morgan fingerprint density at radius 3 is 1.93 bits per heavy atom. The summed E-state index contributed by atoms with van der Waals surface area (Å²) in [5, 5.41) is 5.68. The van der Waals surface area contributed by atoms with E-state index in [1.54, 1.807) is 13.8 Å². The summed E-state index contributed by atoms with van der Waals surface area (Å²) in [6, 6.07) is 16.3. The van der Waals surface area contributed by atoms with E-state index in [1.165, 1.54) is 11.1 Å². The number of nitrogens with zero attached hydrogens (tertiary/aromatic N) is 2. The van der Waals surface area contributed by atoms with Gasteiger partial charge in [-0.2, -0.15) is 0 Å². The molecule has 0 amide bonds. The Balaban J connectivity index is 1.57. The fraction of sp³-hybridized carbons (Fsp3) is 0.350. The van der Waals surface area contributed by atoms with E-state index < -0.39 is 9.84 Å². The van der Waals surface area contributed by atoms with E-state index in [1.807, 2.05) is 36.3 Å². The zero-order chi connectivity index (χ0) is 19.4. The van der Waals surface area contributed by atoms with Gasteiger partial charge in [0.25, 0.3) is 0 Å². The van der Waals surface area contributed by atoms with Crippen molar-refractivity contribution in [2.24, 2.45) is 5.10 Å². The number of rotatable bonds is 7. The van der Waals surface area contributed by atoms with E-state index in [4.69, 9.17) is 0 Å². The lowest BCUT2D eigenvalue weighted by Crippen LogP contribution is -2.37. The molecule has 1 aliphatic rings. The van der Waals surface area contributed by atoms with Gasteiger partial charge in [-0.3, -0.25) is 5.01 Å². The maximum Gasteiger partial charge on any atom is 0.172 e. The van der Waals surface area contributed by atoms with Crippen molar-refractivity contribution in [3.63, 3.8) is 0 Å². The molecule has 27 heavy (non-hydrogen) atoms. The molecule has 0 radical (unpaired) electrons. The van der Waals surface area contributed by atoms with Gasteiger partial charge in [-0.25, -0.2) is 14.0 Å². The summed E-state index contributed by atoms with van der Waals surface area (Å²) in [6.07, 6.45) is 1.85. The smallest absolute Gasteiger partial charge is 0.172 e. The largest absolute Gasteiger partial charge is 0.274 e. The maximum atomic E-state index is 12.0. The second kappa shape index (κ2) is 8.10. The van der Waals surface area contributed by atoms with Crippen molar-refractivity contribution in [2.45, 2.75) is 37.7 Å². The average Bonchev–Trinajstić information content (AvgIpc) is 3.07. The second-order valence-corrected chi connectivity index (χ2v) is 9.64. The van der Waals surface area contributed by atoms with Crippen molar-refractivity contribution in [1.82, 2.24) is 16.1 Å². The van der Waals surface area contributed by atoms with Gasteiger partial charge < -0.3 is 0 Å². The standard InChI is InChI=1S/C20H26N4O2S/c1-15(2)27(25,26)14-18-8-6-16(7-9-18)4-5-17-10-12-19(13-11-17)20-21-22-23-24(20)3/h6-13,15,22-23H,4-5,14H2,1-3H3. The molecule has 144 valence electrons. The highest BCUT2D eigenvalue weighted by molar-refractivity contribution is 7.91. The quantitative estimate of drug-likeness (QED) is 0.764. The van der Waals surface area contributed by atoms with Crippen LogP contribution >= 0.6 is 0 Å². The zero-order valence-electron chi connectivity index (χ0n) is 15.9. The highest BCUT2D eigenvalue weighted by Crippen LogP contribution is 2.15. The molecule has 2 aromatic rings. The summed E-state index contributed by atoms with van der Waals surface area (Å²) in [7, 11) is -1.15. The normalized spacial score (nSPS) is 14.4. The predicted octanol–water partition coefficient (Wildman–Crippen LogP) is 2.41. The van der Waals surface area contributed by atoms with E-state index in [9.17, 15) is 8.42 Å². The minimum atomic E-state index is -3.06. The third kappa shape index (κ3) is 4.87. The highest BCUT2D eigenvalue weighted by atomic mass is 32.2. The van der Waals surface area contributed by atoms with E-state index >= 15 is 0 Å². The van der Waals surface area contributed by atoms with Crippen molar-refractivity contribution in [3.05, 3.63) is 70.8 Å². The number of hydrogen-bond donors (Lipinski definition) is 2. The van der Waals surface area contributed by atoms with E-state index in [0.717, 1.165) is 29.8 Å². The first kappa shape index (κ1) is 19.4. The number of aryl methyl sites for hydroxylation is 2. The van der Waals surface area contributed by atoms with Crippen molar-refractivity contribution >= 4 is 15.7 Å². The van der Waals surface area contributed by atoms with Gasteiger partial charge in [-0.05, 0) is 43.4 Å². The van der Waals surface area contributed by atoms with Crippen LogP contribution in [0.5, 0.6) is 0 Å². The van der Waals surface area contributed by atoms with Gasteiger partial charge in [0.2, 0.25) is 0 Å². The average molecular weight is 387 g/mol. The van der Waals surface area contributed by atoms with Gasteiger partial charge in [0, 0.05) is 12.6 Å². The van der Waals surface area contributed by atoms with Gasteiger partial charge in [0.05, 0.1) is 11.0 Å². The Hall–Kier alpha value is -2.38. The van der Waals surface area contributed by atoms with E-state index in [-0.39, 0.29) is 11.0 Å². The van der Waals surface area contributed by atoms with Crippen molar-refractivity contribution in [3.8, 4) is 0 Å². The van der Waals surface area contributed by atoms with Crippen molar-refractivity contribution in [2.75, 3.05) is 7.05 Å². The van der Waals surface area contributed by atoms with Gasteiger partial charge in [0.15, 0.2) is 15.7 Å². The third-order valence-electron chi connectivity index (χ3n) is 4.72. The van der Waals surface area contributed by atoms with Crippen molar-refractivity contribution < 1.29 is 8.42 Å². The maximum absolute atomic E-state index is 12.0. The minimum Gasteiger partial charge on any atom is -0.274 e. The topological polar surface area (TPSA) is 73.8 Å². The number of hydrogen-bond acceptors (Lipinski definition) is 6. The lowest BCUT2D eigenvalue weighted by atomic mass is 10.0. The molecule has 6 nitrogen and oxygen atoms in total. The molecule has 0 saturated carbocycles. The molecule has 2 N–H and O–H groups in total. The van der Waals surface area contributed by atoms with Crippen LogP contribution in [0, 0.1) is 0 Å². The SMILES string of the molecule is CC(C)S(=O)(=O)Cc1ccc(CCc2ccc(C3=NNNN3C)cc2)cc1. The van der Waals surface area contributed by atoms with Crippen LogP contribution in [0.4, 0.5) is 0 Å². The molecule has 2 aromatic carbocycles. The number of sulfone groups is 1. The summed E-state index contributed by atoms with van der Waals surface area (Å²) in [6.45, 7) is 3.44. The van der Waals surface area contributed by atoms with Crippen LogP contribution in [0.25, 0.3) is 0 Å². The van der Waals surface area contributed by atoms with Crippen LogP contribution in [-0.4, -0.2) is 31.6 Å². The van der Waals surface area contributed by atoms with E-state index in [0.29, 0.717) is 0 Å². The fourth-order valence-corrected chi connectivity index (χ4v) is 3.84.